The van der Waals surface area contributed by atoms with Crippen LogP contribution in [0.2, 0.25) is 0 Å². The van der Waals surface area contributed by atoms with Gasteiger partial charge in [0.1, 0.15) is 5.69 Å². The second-order valence-corrected chi connectivity index (χ2v) is 9.91. The summed E-state index contributed by atoms with van der Waals surface area (Å²) in [6.45, 7) is 2.29. The Morgan fingerprint density at radius 3 is 2.62 bits per heavy atom. The molecule has 1 amide bonds. The van der Waals surface area contributed by atoms with Gasteiger partial charge in [-0.3, -0.25) is 4.79 Å². The van der Waals surface area contributed by atoms with Gasteiger partial charge in [0.05, 0.1) is 11.5 Å². The van der Waals surface area contributed by atoms with Crippen LogP contribution in [-0.2, 0) is 22.7 Å². The van der Waals surface area contributed by atoms with E-state index in [1.807, 2.05) is 0 Å². The maximum atomic E-state index is 12.8. The molecule has 2 saturated heterocycles. The number of rotatable bonds is 4. The first-order valence-corrected chi connectivity index (χ1v) is 11.5. The van der Waals surface area contributed by atoms with Gasteiger partial charge >= 0.3 is 0 Å². The van der Waals surface area contributed by atoms with Gasteiger partial charge in [0.15, 0.2) is 9.84 Å². The van der Waals surface area contributed by atoms with Gasteiger partial charge in [-0.2, -0.15) is 0 Å². The number of sulfone groups is 1. The molecule has 1 N–H and O–H groups in total. The highest BCUT2D eigenvalue weighted by molar-refractivity contribution is 7.91. The summed E-state index contributed by atoms with van der Waals surface area (Å²) in [5, 5.41) is 2.93. The summed E-state index contributed by atoms with van der Waals surface area (Å²) in [6.07, 6.45) is 6.81. The number of amides is 1. The molecule has 1 unspecified atom stereocenters. The summed E-state index contributed by atoms with van der Waals surface area (Å²) >= 11 is 0. The highest BCUT2D eigenvalue weighted by Gasteiger charge is 2.29. The molecule has 1 aliphatic carbocycles. The monoisotopic (exact) mass is 378 g/mol. The molecule has 2 fully saturated rings. The number of hydrogen-bond donors (Lipinski definition) is 1. The fraction of sp³-hybridized carbons (Fsp3) is 0.722. The maximum Gasteiger partial charge on any atom is 0.270 e. The van der Waals surface area contributed by atoms with Gasteiger partial charge in [0.2, 0.25) is 5.95 Å². The van der Waals surface area contributed by atoms with Crippen LogP contribution in [0.4, 0.5) is 5.95 Å². The Bertz CT molecular complexity index is 803. The molecule has 8 heteroatoms. The van der Waals surface area contributed by atoms with E-state index in [4.69, 9.17) is 4.98 Å². The number of carbonyl (C=O) groups is 1. The lowest BCUT2D eigenvalue weighted by molar-refractivity contribution is 0.0942. The van der Waals surface area contributed by atoms with Crippen LogP contribution in [0.5, 0.6) is 0 Å². The van der Waals surface area contributed by atoms with E-state index in [-0.39, 0.29) is 23.3 Å². The Kier molecular flexibility index (Phi) is 4.86. The van der Waals surface area contributed by atoms with Crippen LogP contribution in [0.1, 0.15) is 53.8 Å². The van der Waals surface area contributed by atoms with Crippen molar-refractivity contribution >= 4 is 21.7 Å². The van der Waals surface area contributed by atoms with E-state index in [9.17, 15) is 13.2 Å². The minimum Gasteiger partial charge on any atom is -0.350 e. The smallest absolute Gasteiger partial charge is 0.270 e. The van der Waals surface area contributed by atoms with Crippen LogP contribution in [-0.4, -0.2) is 55.4 Å². The number of nitrogens with one attached hydrogen (secondary N) is 1. The molecule has 3 heterocycles. The van der Waals surface area contributed by atoms with Crippen molar-refractivity contribution in [3.63, 3.8) is 0 Å². The van der Waals surface area contributed by atoms with Crippen LogP contribution in [0.25, 0.3) is 0 Å². The van der Waals surface area contributed by atoms with E-state index in [2.05, 4.69) is 15.2 Å². The summed E-state index contributed by atoms with van der Waals surface area (Å²) in [5.41, 5.74) is 2.50. The predicted octanol–water partition coefficient (Wildman–Crippen LogP) is 1.12. The number of nitrogens with zero attached hydrogens (tertiary/aromatic N) is 3. The zero-order valence-electron chi connectivity index (χ0n) is 15.0. The second-order valence-electron chi connectivity index (χ2n) is 7.68. The summed E-state index contributed by atoms with van der Waals surface area (Å²) in [5.74, 6) is 0.913. The molecule has 0 bridgehead atoms. The van der Waals surface area contributed by atoms with Gasteiger partial charge in [-0.05, 0) is 50.9 Å². The summed E-state index contributed by atoms with van der Waals surface area (Å²) < 4.78 is 23.2. The number of fused-ring (bicyclic) bond motifs is 1. The number of carbonyl (C=O) groups excluding carboxylic acids is 1. The second kappa shape index (κ2) is 7.13. The topological polar surface area (TPSA) is 92.3 Å². The van der Waals surface area contributed by atoms with Crippen molar-refractivity contribution < 1.29 is 13.2 Å². The molecule has 1 aromatic rings. The van der Waals surface area contributed by atoms with Crippen molar-refractivity contribution in [2.75, 3.05) is 36.0 Å². The minimum atomic E-state index is -2.92. The first-order chi connectivity index (χ1) is 12.5. The quantitative estimate of drug-likeness (QED) is 0.844. The SMILES string of the molecule is O=C(NCC1CCS(=O)(=O)C1)c1nc(N2CCCC2)nc2c1CCCC2. The highest BCUT2D eigenvalue weighted by atomic mass is 32.2. The normalized spacial score (nSPS) is 24.5. The zero-order chi connectivity index (χ0) is 18.1. The van der Waals surface area contributed by atoms with Crippen LogP contribution in [0.3, 0.4) is 0 Å². The molecule has 1 aromatic heterocycles. The van der Waals surface area contributed by atoms with Crippen molar-refractivity contribution in [3.8, 4) is 0 Å². The third kappa shape index (κ3) is 3.70. The van der Waals surface area contributed by atoms with Crippen molar-refractivity contribution in [2.24, 2.45) is 5.92 Å². The van der Waals surface area contributed by atoms with Crippen LogP contribution in [0, 0.1) is 5.92 Å². The molecule has 3 aliphatic rings. The van der Waals surface area contributed by atoms with Crippen molar-refractivity contribution in [2.45, 2.75) is 44.9 Å². The Balaban J connectivity index is 1.53. The van der Waals surface area contributed by atoms with Gasteiger partial charge in [-0.25, -0.2) is 18.4 Å². The molecule has 0 spiro atoms. The Morgan fingerprint density at radius 2 is 1.88 bits per heavy atom. The third-order valence-electron chi connectivity index (χ3n) is 5.65. The van der Waals surface area contributed by atoms with Crippen molar-refractivity contribution in [1.29, 1.82) is 0 Å². The highest BCUT2D eigenvalue weighted by Crippen LogP contribution is 2.26. The van der Waals surface area contributed by atoms with E-state index < -0.39 is 9.84 Å². The zero-order valence-corrected chi connectivity index (χ0v) is 15.9. The largest absolute Gasteiger partial charge is 0.350 e. The summed E-state index contributed by atoms with van der Waals surface area (Å²) in [4.78, 5) is 24.4. The molecule has 7 nitrogen and oxygen atoms in total. The van der Waals surface area contributed by atoms with Gasteiger partial charge in [0, 0.05) is 30.9 Å². The number of anilines is 1. The van der Waals surface area contributed by atoms with E-state index in [1.54, 1.807) is 0 Å². The first kappa shape index (κ1) is 17.7. The van der Waals surface area contributed by atoms with E-state index in [0.29, 0.717) is 24.6 Å². The van der Waals surface area contributed by atoms with E-state index in [0.717, 1.165) is 62.9 Å². The molecule has 142 valence electrons. The van der Waals surface area contributed by atoms with Crippen molar-refractivity contribution in [1.82, 2.24) is 15.3 Å². The summed E-state index contributed by atoms with van der Waals surface area (Å²) in [7, 11) is -2.92. The molecule has 0 aromatic carbocycles. The van der Waals surface area contributed by atoms with Gasteiger partial charge in [0.25, 0.3) is 5.91 Å². The number of aromatic nitrogens is 2. The number of aryl methyl sites for hydroxylation is 1. The molecule has 0 radical (unpaired) electrons. The van der Waals surface area contributed by atoms with Crippen LogP contribution in [0.15, 0.2) is 0 Å². The average molecular weight is 378 g/mol. The standard InChI is InChI=1S/C18H26N4O3S/c23-17(19-11-13-7-10-26(24,25)12-13)16-14-5-1-2-6-15(14)20-18(21-16)22-8-3-4-9-22/h13H,1-12H2,(H,19,23). The maximum absolute atomic E-state index is 12.8. The van der Waals surface area contributed by atoms with Crippen molar-refractivity contribution in [3.05, 3.63) is 17.0 Å². The molecule has 1 atom stereocenters. The Hall–Kier alpha value is -1.70. The molecular weight excluding hydrogens is 352 g/mol. The average Bonchev–Trinajstić information content (AvgIpc) is 3.28. The molecule has 26 heavy (non-hydrogen) atoms. The fourth-order valence-electron chi connectivity index (χ4n) is 4.18. The molecule has 0 saturated carbocycles. The molecule has 2 aliphatic heterocycles. The lowest BCUT2D eigenvalue weighted by atomic mass is 9.94. The molecular formula is C18H26N4O3S. The fourth-order valence-corrected chi connectivity index (χ4v) is 6.04. The summed E-state index contributed by atoms with van der Waals surface area (Å²) in [6, 6.07) is 0. The van der Waals surface area contributed by atoms with E-state index >= 15 is 0 Å². The molecule has 4 rings (SSSR count). The lowest BCUT2D eigenvalue weighted by Gasteiger charge is -2.22. The predicted molar refractivity (Wildman–Crippen MR) is 99.2 cm³/mol. The lowest BCUT2D eigenvalue weighted by Crippen LogP contribution is -2.33. The van der Waals surface area contributed by atoms with Crippen LogP contribution < -0.4 is 10.2 Å². The Labute approximate surface area is 154 Å². The van der Waals surface area contributed by atoms with Gasteiger partial charge in [-0.15, -0.1) is 0 Å². The van der Waals surface area contributed by atoms with Gasteiger partial charge in [-0.1, -0.05) is 0 Å². The number of hydrogen-bond acceptors (Lipinski definition) is 6. The minimum absolute atomic E-state index is 0.0136. The first-order valence-electron chi connectivity index (χ1n) is 9.65. The van der Waals surface area contributed by atoms with E-state index in [1.165, 1.54) is 0 Å². The third-order valence-corrected chi connectivity index (χ3v) is 7.49. The van der Waals surface area contributed by atoms with Crippen LogP contribution >= 0.6 is 0 Å². The van der Waals surface area contributed by atoms with Gasteiger partial charge < -0.3 is 10.2 Å². The Morgan fingerprint density at radius 1 is 1.12 bits per heavy atom.